The summed E-state index contributed by atoms with van der Waals surface area (Å²) in [4.78, 5) is 26.4. The summed E-state index contributed by atoms with van der Waals surface area (Å²) in [6.07, 6.45) is 3.32. The smallest absolute Gasteiger partial charge is 0.261 e. The van der Waals surface area contributed by atoms with Crippen molar-refractivity contribution in [3.8, 4) is 0 Å². The van der Waals surface area contributed by atoms with E-state index in [0.29, 0.717) is 18.0 Å². The summed E-state index contributed by atoms with van der Waals surface area (Å²) in [6.45, 7) is 11.3. The molecule has 6 heteroatoms. The third-order valence-electron chi connectivity index (χ3n) is 5.47. The van der Waals surface area contributed by atoms with E-state index in [0.717, 1.165) is 44.4 Å². The lowest BCUT2D eigenvalue weighted by Crippen LogP contribution is -2.40. The molecule has 2 aliphatic heterocycles. The number of ether oxygens (including phenoxy) is 1. The molecule has 1 unspecified atom stereocenters. The highest BCUT2D eigenvalue weighted by Gasteiger charge is 2.34. The Hall–Kier alpha value is -2.31. The predicted molar refractivity (Wildman–Crippen MR) is 109 cm³/mol. The second-order valence-electron chi connectivity index (χ2n) is 8.63. The number of hydrogen-bond acceptors (Lipinski definition) is 5. The van der Waals surface area contributed by atoms with Gasteiger partial charge in [0.05, 0.1) is 18.8 Å². The van der Waals surface area contributed by atoms with Crippen molar-refractivity contribution >= 4 is 11.6 Å². The molecule has 1 saturated heterocycles. The monoisotopic (exact) mass is 380 g/mol. The summed E-state index contributed by atoms with van der Waals surface area (Å²) >= 11 is 0. The van der Waals surface area contributed by atoms with Crippen LogP contribution in [0.1, 0.15) is 48.4 Å². The van der Waals surface area contributed by atoms with Crippen molar-refractivity contribution in [2.75, 3.05) is 44.3 Å². The van der Waals surface area contributed by atoms with E-state index in [9.17, 15) is 4.79 Å². The zero-order chi connectivity index (χ0) is 19.7. The molecule has 0 spiro atoms. The maximum atomic E-state index is 13.2. The molecule has 2 aromatic rings. The van der Waals surface area contributed by atoms with Gasteiger partial charge < -0.3 is 9.64 Å². The summed E-state index contributed by atoms with van der Waals surface area (Å²) in [5.41, 5.74) is 2.65. The fourth-order valence-corrected chi connectivity index (χ4v) is 3.92. The molecule has 1 fully saturated rings. The largest absolute Gasteiger partial charge is 0.379 e. The average molecular weight is 380 g/mol. The molecule has 0 radical (unpaired) electrons. The van der Waals surface area contributed by atoms with Crippen molar-refractivity contribution in [1.82, 2.24) is 14.9 Å². The number of anilines is 1. The Morgan fingerprint density at radius 3 is 2.50 bits per heavy atom. The zero-order valence-corrected chi connectivity index (χ0v) is 16.9. The number of morpholine rings is 1. The molecule has 0 bridgehead atoms. The van der Waals surface area contributed by atoms with Gasteiger partial charge in [0.2, 0.25) is 0 Å². The Balaban J connectivity index is 1.55. The van der Waals surface area contributed by atoms with Gasteiger partial charge in [-0.2, -0.15) is 0 Å². The Kier molecular flexibility index (Phi) is 5.17. The van der Waals surface area contributed by atoms with E-state index in [-0.39, 0.29) is 11.3 Å². The zero-order valence-electron chi connectivity index (χ0n) is 16.9. The molecule has 6 nitrogen and oxygen atoms in total. The van der Waals surface area contributed by atoms with Crippen LogP contribution in [0, 0.1) is 0 Å². The maximum absolute atomic E-state index is 13.2. The molecule has 2 aliphatic rings. The third-order valence-corrected chi connectivity index (χ3v) is 5.47. The van der Waals surface area contributed by atoms with Gasteiger partial charge in [0, 0.05) is 55.6 Å². The number of para-hydroxylation sites is 1. The molecule has 28 heavy (non-hydrogen) atoms. The van der Waals surface area contributed by atoms with Crippen LogP contribution in [0.25, 0.3) is 0 Å². The number of fused-ring (bicyclic) bond motifs is 1. The van der Waals surface area contributed by atoms with Crippen LogP contribution in [0.4, 0.5) is 5.69 Å². The number of amides is 1. The first-order chi connectivity index (χ1) is 13.4. The molecule has 4 rings (SSSR count). The second kappa shape index (κ2) is 7.60. The van der Waals surface area contributed by atoms with Crippen molar-refractivity contribution in [3.63, 3.8) is 0 Å². The van der Waals surface area contributed by atoms with Crippen molar-refractivity contribution in [2.45, 2.75) is 32.1 Å². The SMILES string of the molecule is CC(C)(C)c1ncc(C(=O)N2CC(CN3CCOCC3)c3ccccc32)cn1. The van der Waals surface area contributed by atoms with Crippen LogP contribution in [-0.2, 0) is 10.2 Å². The lowest BCUT2D eigenvalue weighted by molar-refractivity contribution is 0.0356. The highest BCUT2D eigenvalue weighted by molar-refractivity contribution is 6.07. The molecule has 1 atom stereocenters. The number of hydrogen-bond donors (Lipinski definition) is 0. The van der Waals surface area contributed by atoms with Crippen LogP contribution in [-0.4, -0.2) is 60.2 Å². The summed E-state index contributed by atoms with van der Waals surface area (Å²) in [6, 6.07) is 8.24. The van der Waals surface area contributed by atoms with Gasteiger partial charge in [-0.3, -0.25) is 9.69 Å². The van der Waals surface area contributed by atoms with E-state index in [1.165, 1.54) is 5.56 Å². The molecule has 148 valence electrons. The van der Waals surface area contributed by atoms with Gasteiger partial charge in [0.15, 0.2) is 0 Å². The van der Waals surface area contributed by atoms with Crippen LogP contribution >= 0.6 is 0 Å². The maximum Gasteiger partial charge on any atom is 0.261 e. The first-order valence-corrected chi connectivity index (χ1v) is 9.97. The van der Waals surface area contributed by atoms with E-state index < -0.39 is 0 Å². The van der Waals surface area contributed by atoms with Gasteiger partial charge in [-0.1, -0.05) is 39.0 Å². The fourth-order valence-electron chi connectivity index (χ4n) is 3.92. The van der Waals surface area contributed by atoms with E-state index in [1.54, 1.807) is 12.4 Å². The summed E-state index contributed by atoms with van der Waals surface area (Å²) in [7, 11) is 0. The molecular formula is C22H28N4O2. The number of carbonyl (C=O) groups excluding carboxylic acids is 1. The number of nitrogens with zero attached hydrogens (tertiary/aromatic N) is 4. The molecule has 1 aromatic carbocycles. The summed E-state index contributed by atoms with van der Waals surface area (Å²) in [5.74, 6) is 1.03. The molecule has 1 amide bonds. The lowest BCUT2D eigenvalue weighted by Gasteiger charge is -2.29. The van der Waals surface area contributed by atoms with Crippen LogP contribution in [0.3, 0.4) is 0 Å². The normalized spacial score (nSPS) is 20.2. The molecule has 0 aliphatic carbocycles. The fraction of sp³-hybridized carbons (Fsp3) is 0.500. The van der Waals surface area contributed by atoms with E-state index in [1.807, 2.05) is 17.0 Å². The summed E-state index contributed by atoms with van der Waals surface area (Å²) in [5, 5.41) is 0. The van der Waals surface area contributed by atoms with E-state index in [2.05, 4.69) is 47.8 Å². The van der Waals surface area contributed by atoms with Gasteiger partial charge in [0.1, 0.15) is 5.82 Å². The molecular weight excluding hydrogens is 352 g/mol. The second-order valence-corrected chi connectivity index (χ2v) is 8.63. The molecule has 0 saturated carbocycles. The van der Waals surface area contributed by atoms with Crippen LogP contribution in [0.2, 0.25) is 0 Å². The predicted octanol–water partition coefficient (Wildman–Crippen LogP) is 2.85. The lowest BCUT2D eigenvalue weighted by atomic mass is 9.96. The minimum absolute atomic E-state index is 0.0302. The van der Waals surface area contributed by atoms with Crippen molar-refractivity contribution in [1.29, 1.82) is 0 Å². The van der Waals surface area contributed by atoms with Crippen LogP contribution < -0.4 is 4.90 Å². The first kappa shape index (κ1) is 19.0. The third kappa shape index (κ3) is 3.80. The Morgan fingerprint density at radius 2 is 1.82 bits per heavy atom. The van der Waals surface area contributed by atoms with E-state index >= 15 is 0 Å². The Bertz CT molecular complexity index is 838. The molecule has 0 N–H and O–H groups in total. The minimum atomic E-state index is -0.134. The highest BCUT2D eigenvalue weighted by Crippen LogP contribution is 2.37. The van der Waals surface area contributed by atoms with Gasteiger partial charge in [-0.25, -0.2) is 9.97 Å². The van der Waals surface area contributed by atoms with Crippen molar-refractivity contribution in [2.24, 2.45) is 0 Å². The first-order valence-electron chi connectivity index (χ1n) is 9.97. The molecule has 1 aromatic heterocycles. The highest BCUT2D eigenvalue weighted by atomic mass is 16.5. The standard InChI is InChI=1S/C22H28N4O2/c1-22(2,3)21-23-12-16(13-24-21)20(27)26-15-17(14-25-8-10-28-11-9-25)18-6-4-5-7-19(18)26/h4-7,12-13,17H,8-11,14-15H2,1-3H3. The number of carbonyl (C=O) groups is 1. The Morgan fingerprint density at radius 1 is 1.14 bits per heavy atom. The Labute approximate surface area is 166 Å². The number of rotatable bonds is 3. The van der Waals surface area contributed by atoms with Gasteiger partial charge in [0.25, 0.3) is 5.91 Å². The van der Waals surface area contributed by atoms with Crippen LogP contribution in [0.15, 0.2) is 36.7 Å². The number of benzene rings is 1. The summed E-state index contributed by atoms with van der Waals surface area (Å²) < 4.78 is 5.46. The van der Waals surface area contributed by atoms with Crippen molar-refractivity contribution < 1.29 is 9.53 Å². The van der Waals surface area contributed by atoms with Crippen molar-refractivity contribution in [3.05, 3.63) is 53.6 Å². The topological polar surface area (TPSA) is 58.6 Å². The average Bonchev–Trinajstić information content (AvgIpc) is 3.06. The minimum Gasteiger partial charge on any atom is -0.379 e. The number of aromatic nitrogens is 2. The van der Waals surface area contributed by atoms with Gasteiger partial charge >= 0.3 is 0 Å². The van der Waals surface area contributed by atoms with E-state index in [4.69, 9.17) is 4.74 Å². The van der Waals surface area contributed by atoms with Gasteiger partial charge in [-0.05, 0) is 11.6 Å². The van der Waals surface area contributed by atoms with Gasteiger partial charge in [-0.15, -0.1) is 0 Å². The molecule has 3 heterocycles. The van der Waals surface area contributed by atoms with Crippen LogP contribution in [0.5, 0.6) is 0 Å². The quantitative estimate of drug-likeness (QED) is 0.820.